The van der Waals surface area contributed by atoms with E-state index in [1.807, 2.05) is 0 Å². The van der Waals surface area contributed by atoms with Crippen LogP contribution in [0.4, 0.5) is 24.9 Å². The van der Waals surface area contributed by atoms with Crippen LogP contribution in [0.3, 0.4) is 0 Å². The molecule has 0 bridgehead atoms. The fraction of sp³-hybridized carbons (Fsp3) is 0.167. The van der Waals surface area contributed by atoms with E-state index in [0.29, 0.717) is 17.9 Å². The summed E-state index contributed by atoms with van der Waals surface area (Å²) in [5.41, 5.74) is 2.34. The van der Waals surface area contributed by atoms with Crippen molar-refractivity contribution in [3.05, 3.63) is 47.7 Å². The summed E-state index contributed by atoms with van der Waals surface area (Å²) in [4.78, 5) is 7.86. The molecule has 5 nitrogen and oxygen atoms in total. The molecule has 0 saturated heterocycles. The Labute approximate surface area is 113 Å². The molecule has 2 rings (SSSR count). The van der Waals surface area contributed by atoms with E-state index in [4.69, 9.17) is 5.84 Å². The number of nitrogens with two attached hydrogens (primary N) is 1. The number of alkyl halides is 3. The van der Waals surface area contributed by atoms with Gasteiger partial charge in [0.1, 0.15) is 5.82 Å². The van der Waals surface area contributed by atoms with E-state index >= 15 is 0 Å². The third-order valence-electron chi connectivity index (χ3n) is 2.54. The molecule has 1 aromatic carbocycles. The van der Waals surface area contributed by atoms with E-state index in [-0.39, 0.29) is 5.95 Å². The fourth-order valence-electron chi connectivity index (χ4n) is 1.53. The van der Waals surface area contributed by atoms with E-state index in [2.05, 4.69) is 20.7 Å². The third-order valence-corrected chi connectivity index (χ3v) is 2.54. The average molecular weight is 283 g/mol. The Balaban J connectivity index is 2.00. The van der Waals surface area contributed by atoms with Crippen LogP contribution in [0.25, 0.3) is 0 Å². The maximum absolute atomic E-state index is 12.4. The number of nitrogen functional groups attached to an aromatic ring is 1. The molecule has 0 aliphatic rings. The van der Waals surface area contributed by atoms with Gasteiger partial charge in [-0.05, 0) is 23.8 Å². The number of hydrogen-bond acceptors (Lipinski definition) is 5. The number of nitrogens with zero attached hydrogens (tertiary/aromatic N) is 2. The van der Waals surface area contributed by atoms with Crippen molar-refractivity contribution >= 4 is 11.8 Å². The summed E-state index contributed by atoms with van der Waals surface area (Å²) in [5.74, 6) is 5.95. The number of hydrazine groups is 1. The van der Waals surface area contributed by atoms with Crippen molar-refractivity contribution in [3.63, 3.8) is 0 Å². The summed E-state index contributed by atoms with van der Waals surface area (Å²) in [6, 6.07) is 6.55. The van der Waals surface area contributed by atoms with Crippen molar-refractivity contribution in [2.45, 2.75) is 12.7 Å². The first-order valence-electron chi connectivity index (χ1n) is 5.69. The van der Waals surface area contributed by atoms with Gasteiger partial charge in [0, 0.05) is 12.7 Å². The molecule has 0 unspecified atom stereocenters. The van der Waals surface area contributed by atoms with Gasteiger partial charge in [0.15, 0.2) is 0 Å². The van der Waals surface area contributed by atoms with Crippen LogP contribution >= 0.6 is 0 Å². The third kappa shape index (κ3) is 3.58. The number of hydrogen-bond donors (Lipinski definition) is 3. The number of anilines is 2. The summed E-state index contributed by atoms with van der Waals surface area (Å²) < 4.78 is 37.2. The lowest BCUT2D eigenvalue weighted by Crippen LogP contribution is -2.11. The Hall–Kier alpha value is -2.35. The molecule has 1 heterocycles. The van der Waals surface area contributed by atoms with Crippen molar-refractivity contribution < 1.29 is 13.2 Å². The molecule has 4 N–H and O–H groups in total. The zero-order chi connectivity index (χ0) is 14.6. The molecule has 1 aromatic heterocycles. The molecule has 0 radical (unpaired) electrons. The minimum atomic E-state index is -4.32. The number of nitrogens with one attached hydrogen (secondary N) is 2. The first-order chi connectivity index (χ1) is 9.49. The number of halogens is 3. The van der Waals surface area contributed by atoms with Gasteiger partial charge in [0.2, 0.25) is 5.95 Å². The van der Waals surface area contributed by atoms with Gasteiger partial charge in [-0.1, -0.05) is 12.1 Å². The molecular weight excluding hydrogens is 271 g/mol. The Bertz CT molecular complexity index is 568. The molecule has 0 amide bonds. The lowest BCUT2D eigenvalue weighted by Gasteiger charge is -2.09. The molecule has 0 atom stereocenters. The van der Waals surface area contributed by atoms with Crippen molar-refractivity contribution in [1.29, 1.82) is 0 Å². The van der Waals surface area contributed by atoms with Crippen LogP contribution in [-0.4, -0.2) is 9.97 Å². The van der Waals surface area contributed by atoms with Crippen molar-refractivity contribution in [2.75, 3.05) is 10.7 Å². The number of rotatable bonds is 4. The minimum absolute atomic E-state index is 0.252. The van der Waals surface area contributed by atoms with Crippen molar-refractivity contribution in [3.8, 4) is 0 Å². The zero-order valence-electron chi connectivity index (χ0n) is 10.3. The molecule has 0 aliphatic heterocycles. The summed E-state index contributed by atoms with van der Waals surface area (Å²) in [6.45, 7) is 0.346. The molecule has 0 spiro atoms. The Kier molecular flexibility index (Phi) is 4.04. The van der Waals surface area contributed by atoms with E-state index in [1.165, 1.54) is 18.3 Å². The second kappa shape index (κ2) is 5.74. The van der Waals surface area contributed by atoms with Gasteiger partial charge in [-0.25, -0.2) is 10.8 Å². The summed E-state index contributed by atoms with van der Waals surface area (Å²) >= 11 is 0. The first-order valence-corrected chi connectivity index (χ1v) is 5.69. The summed E-state index contributed by atoms with van der Waals surface area (Å²) in [5, 5.41) is 2.97. The highest BCUT2D eigenvalue weighted by Crippen LogP contribution is 2.29. The molecule has 0 fully saturated rings. The average Bonchev–Trinajstić information content (AvgIpc) is 2.45. The predicted octanol–water partition coefficient (Wildman–Crippen LogP) is 2.39. The summed E-state index contributed by atoms with van der Waals surface area (Å²) in [7, 11) is 0. The van der Waals surface area contributed by atoms with Gasteiger partial charge in [-0.2, -0.15) is 18.2 Å². The highest BCUT2D eigenvalue weighted by Gasteiger charge is 2.29. The quantitative estimate of drug-likeness (QED) is 0.593. The van der Waals surface area contributed by atoms with Gasteiger partial charge in [-0.3, -0.25) is 5.43 Å². The maximum atomic E-state index is 12.4. The van der Waals surface area contributed by atoms with Crippen molar-refractivity contribution in [2.24, 2.45) is 5.84 Å². The SMILES string of the molecule is NNc1nccc(NCc2ccc(C(F)(F)F)cc2)n1. The van der Waals surface area contributed by atoms with E-state index in [9.17, 15) is 13.2 Å². The van der Waals surface area contributed by atoms with E-state index in [0.717, 1.165) is 12.1 Å². The van der Waals surface area contributed by atoms with E-state index in [1.54, 1.807) is 6.07 Å². The first kappa shape index (κ1) is 14.1. The molecular formula is C12H12F3N5. The highest BCUT2D eigenvalue weighted by atomic mass is 19.4. The topological polar surface area (TPSA) is 75.9 Å². The minimum Gasteiger partial charge on any atom is -0.366 e. The zero-order valence-corrected chi connectivity index (χ0v) is 10.3. The van der Waals surface area contributed by atoms with Gasteiger partial charge >= 0.3 is 6.18 Å². The standard InChI is InChI=1S/C12H12F3N5/c13-12(14,15)9-3-1-8(2-4-9)7-18-10-5-6-17-11(19-10)20-16/h1-6H,7,16H2,(H2,17,18,19,20). The van der Waals surface area contributed by atoms with Crippen LogP contribution in [0.2, 0.25) is 0 Å². The van der Waals surface area contributed by atoms with E-state index < -0.39 is 11.7 Å². The Morgan fingerprint density at radius 3 is 2.40 bits per heavy atom. The normalized spacial score (nSPS) is 11.2. The maximum Gasteiger partial charge on any atom is 0.416 e. The van der Waals surface area contributed by atoms with Gasteiger partial charge < -0.3 is 5.32 Å². The van der Waals surface area contributed by atoms with Gasteiger partial charge in [-0.15, -0.1) is 0 Å². The Morgan fingerprint density at radius 1 is 1.10 bits per heavy atom. The molecule has 0 saturated carbocycles. The van der Waals surface area contributed by atoms with Crippen LogP contribution in [0.1, 0.15) is 11.1 Å². The van der Waals surface area contributed by atoms with Crippen LogP contribution in [0, 0.1) is 0 Å². The second-order valence-electron chi connectivity index (χ2n) is 3.96. The molecule has 0 aliphatic carbocycles. The summed E-state index contributed by atoms with van der Waals surface area (Å²) in [6.07, 6.45) is -2.81. The molecule has 2 aromatic rings. The number of benzene rings is 1. The second-order valence-corrected chi connectivity index (χ2v) is 3.96. The van der Waals surface area contributed by atoms with Crippen molar-refractivity contribution in [1.82, 2.24) is 9.97 Å². The van der Waals surface area contributed by atoms with Crippen LogP contribution in [-0.2, 0) is 12.7 Å². The predicted molar refractivity (Wildman–Crippen MR) is 68.6 cm³/mol. The molecule has 20 heavy (non-hydrogen) atoms. The molecule has 106 valence electrons. The molecule has 8 heteroatoms. The Morgan fingerprint density at radius 2 is 1.80 bits per heavy atom. The number of aromatic nitrogens is 2. The smallest absolute Gasteiger partial charge is 0.366 e. The van der Waals surface area contributed by atoms with Gasteiger partial charge in [0.25, 0.3) is 0 Å². The van der Waals surface area contributed by atoms with Crippen LogP contribution < -0.4 is 16.6 Å². The van der Waals surface area contributed by atoms with Crippen LogP contribution in [0.15, 0.2) is 36.5 Å². The monoisotopic (exact) mass is 283 g/mol. The largest absolute Gasteiger partial charge is 0.416 e. The lowest BCUT2D eigenvalue weighted by molar-refractivity contribution is -0.137. The highest BCUT2D eigenvalue weighted by molar-refractivity contribution is 5.40. The fourth-order valence-corrected chi connectivity index (χ4v) is 1.53. The van der Waals surface area contributed by atoms with Crippen LogP contribution in [0.5, 0.6) is 0 Å². The lowest BCUT2D eigenvalue weighted by atomic mass is 10.1. The van der Waals surface area contributed by atoms with Gasteiger partial charge in [0.05, 0.1) is 5.56 Å².